The standard InChI is InChI=1S/C16H21F3N2O3/c1-16(23-2)6-3-8-21(9-7-16)15(22)20-12-10-11(17)4-5-13(12)24-14(18)19/h4-5,10,14H,3,6-9H2,1-2H3,(H,20,22)/t16-/m0/s1. The summed E-state index contributed by atoms with van der Waals surface area (Å²) < 4.78 is 48.0. The largest absolute Gasteiger partial charge is 0.433 e. The second kappa shape index (κ2) is 7.74. The molecule has 0 saturated carbocycles. The summed E-state index contributed by atoms with van der Waals surface area (Å²) in [7, 11) is 1.64. The molecule has 0 radical (unpaired) electrons. The van der Waals surface area contributed by atoms with E-state index in [1.54, 1.807) is 12.0 Å². The van der Waals surface area contributed by atoms with Gasteiger partial charge in [-0.25, -0.2) is 9.18 Å². The molecule has 1 atom stereocenters. The zero-order valence-electron chi connectivity index (χ0n) is 13.7. The van der Waals surface area contributed by atoms with Gasteiger partial charge in [0, 0.05) is 26.3 Å². The van der Waals surface area contributed by atoms with Crippen molar-refractivity contribution in [2.45, 2.75) is 38.4 Å². The molecule has 1 aromatic carbocycles. The highest BCUT2D eigenvalue weighted by molar-refractivity contribution is 5.91. The first-order chi connectivity index (χ1) is 11.3. The Balaban J connectivity index is 2.08. The Kier molecular flexibility index (Phi) is 5.93. The summed E-state index contributed by atoms with van der Waals surface area (Å²) in [4.78, 5) is 13.9. The average Bonchev–Trinajstić information content (AvgIpc) is 2.72. The summed E-state index contributed by atoms with van der Waals surface area (Å²) in [5.41, 5.74) is -0.420. The van der Waals surface area contributed by atoms with E-state index in [9.17, 15) is 18.0 Å². The second-order valence-electron chi connectivity index (χ2n) is 5.94. The van der Waals surface area contributed by atoms with Gasteiger partial charge in [-0.3, -0.25) is 0 Å². The molecule has 1 heterocycles. The number of anilines is 1. The number of alkyl halides is 2. The van der Waals surface area contributed by atoms with Crippen LogP contribution in [0.25, 0.3) is 0 Å². The Hall–Kier alpha value is -1.96. The Morgan fingerprint density at radius 3 is 2.75 bits per heavy atom. The maximum atomic E-state index is 13.4. The number of nitrogens with one attached hydrogen (secondary N) is 1. The minimum absolute atomic E-state index is 0.126. The van der Waals surface area contributed by atoms with Gasteiger partial charge in [0.05, 0.1) is 11.3 Å². The van der Waals surface area contributed by atoms with Gasteiger partial charge in [-0.1, -0.05) is 0 Å². The highest BCUT2D eigenvalue weighted by atomic mass is 19.3. The van der Waals surface area contributed by atoms with Crippen LogP contribution in [0.15, 0.2) is 18.2 Å². The van der Waals surface area contributed by atoms with Crippen LogP contribution in [0.5, 0.6) is 5.75 Å². The molecule has 24 heavy (non-hydrogen) atoms. The number of hydrogen-bond acceptors (Lipinski definition) is 3. The van der Waals surface area contributed by atoms with Crippen molar-refractivity contribution in [3.05, 3.63) is 24.0 Å². The minimum atomic E-state index is -3.06. The molecule has 0 aromatic heterocycles. The molecule has 134 valence electrons. The molecule has 0 bridgehead atoms. The second-order valence-corrected chi connectivity index (χ2v) is 5.94. The number of likely N-dealkylation sites (tertiary alicyclic amines) is 1. The van der Waals surface area contributed by atoms with E-state index >= 15 is 0 Å². The van der Waals surface area contributed by atoms with Crippen LogP contribution in [0.2, 0.25) is 0 Å². The van der Waals surface area contributed by atoms with Gasteiger partial charge in [-0.05, 0) is 38.3 Å². The van der Waals surface area contributed by atoms with E-state index in [1.165, 1.54) is 0 Å². The van der Waals surface area contributed by atoms with Crippen LogP contribution in [0.4, 0.5) is 23.7 Å². The van der Waals surface area contributed by atoms with E-state index in [0.29, 0.717) is 19.5 Å². The molecule has 2 amide bonds. The molecule has 1 N–H and O–H groups in total. The number of carbonyl (C=O) groups excluding carboxylic acids is 1. The van der Waals surface area contributed by atoms with Crippen LogP contribution in [0.1, 0.15) is 26.2 Å². The summed E-state index contributed by atoms with van der Waals surface area (Å²) in [6, 6.07) is 2.51. The Labute approximate surface area is 138 Å². The van der Waals surface area contributed by atoms with Gasteiger partial charge in [0.1, 0.15) is 11.6 Å². The zero-order chi connectivity index (χ0) is 17.7. The number of rotatable bonds is 4. The smallest absolute Gasteiger partial charge is 0.387 e. The van der Waals surface area contributed by atoms with Gasteiger partial charge in [0.2, 0.25) is 0 Å². The molecule has 8 heteroatoms. The van der Waals surface area contributed by atoms with Crippen molar-refractivity contribution < 1.29 is 27.4 Å². The number of methoxy groups -OCH3 is 1. The van der Waals surface area contributed by atoms with Gasteiger partial charge >= 0.3 is 12.6 Å². The summed E-state index contributed by atoms with van der Waals surface area (Å²) in [5, 5.41) is 2.45. The van der Waals surface area contributed by atoms with Crippen molar-refractivity contribution >= 4 is 11.7 Å². The molecule has 0 spiro atoms. The van der Waals surface area contributed by atoms with Crippen molar-refractivity contribution in [3.63, 3.8) is 0 Å². The summed E-state index contributed by atoms with van der Waals surface area (Å²) >= 11 is 0. The van der Waals surface area contributed by atoms with E-state index in [-0.39, 0.29) is 17.0 Å². The number of halogens is 3. The van der Waals surface area contributed by atoms with Gasteiger partial charge < -0.3 is 19.7 Å². The third kappa shape index (κ3) is 4.77. The summed E-state index contributed by atoms with van der Waals surface area (Å²) in [5.74, 6) is -0.939. The number of ether oxygens (including phenoxy) is 2. The first kappa shape index (κ1) is 18.4. The monoisotopic (exact) mass is 346 g/mol. The van der Waals surface area contributed by atoms with Gasteiger partial charge in [-0.2, -0.15) is 8.78 Å². The fourth-order valence-corrected chi connectivity index (χ4v) is 2.65. The molecule has 1 aliphatic rings. The fourth-order valence-electron chi connectivity index (χ4n) is 2.65. The number of amides is 2. The third-order valence-electron chi connectivity index (χ3n) is 4.22. The highest BCUT2D eigenvalue weighted by Gasteiger charge is 2.29. The molecule has 0 unspecified atom stereocenters. The summed E-state index contributed by atoms with van der Waals surface area (Å²) in [6.07, 6.45) is 2.22. The molecule has 1 saturated heterocycles. The fraction of sp³-hybridized carbons (Fsp3) is 0.562. The minimum Gasteiger partial charge on any atom is -0.433 e. The quantitative estimate of drug-likeness (QED) is 0.901. The van der Waals surface area contributed by atoms with Crippen LogP contribution in [-0.4, -0.2) is 43.3 Å². The third-order valence-corrected chi connectivity index (χ3v) is 4.22. The molecule has 2 rings (SSSR count). The number of benzene rings is 1. The van der Waals surface area contributed by atoms with Gasteiger partial charge in [0.15, 0.2) is 0 Å². The molecular formula is C16H21F3N2O3. The first-order valence-corrected chi connectivity index (χ1v) is 7.68. The van der Waals surface area contributed by atoms with Crippen molar-refractivity contribution in [1.82, 2.24) is 4.90 Å². The Bertz CT molecular complexity index is 586. The molecule has 1 aromatic rings. The zero-order valence-corrected chi connectivity index (χ0v) is 13.7. The lowest BCUT2D eigenvalue weighted by atomic mass is 9.97. The van der Waals surface area contributed by atoms with E-state index in [4.69, 9.17) is 4.74 Å². The predicted molar refractivity (Wildman–Crippen MR) is 82.9 cm³/mol. The molecule has 5 nitrogen and oxygen atoms in total. The van der Waals surface area contributed by atoms with Crippen molar-refractivity contribution in [1.29, 1.82) is 0 Å². The van der Waals surface area contributed by atoms with Crippen molar-refractivity contribution in [2.24, 2.45) is 0 Å². The van der Waals surface area contributed by atoms with Crippen LogP contribution >= 0.6 is 0 Å². The molecule has 0 aliphatic carbocycles. The lowest BCUT2D eigenvalue weighted by Gasteiger charge is -2.26. The van der Waals surface area contributed by atoms with E-state index in [0.717, 1.165) is 31.0 Å². The topological polar surface area (TPSA) is 50.8 Å². The van der Waals surface area contributed by atoms with E-state index in [2.05, 4.69) is 10.1 Å². The number of hydrogen-bond donors (Lipinski definition) is 1. The van der Waals surface area contributed by atoms with Gasteiger partial charge in [0.25, 0.3) is 0 Å². The highest BCUT2D eigenvalue weighted by Crippen LogP contribution is 2.29. The van der Waals surface area contributed by atoms with Crippen LogP contribution in [0.3, 0.4) is 0 Å². The number of carbonyl (C=O) groups is 1. The number of nitrogens with zero attached hydrogens (tertiary/aromatic N) is 1. The molecule has 1 fully saturated rings. The molecular weight excluding hydrogens is 325 g/mol. The maximum Gasteiger partial charge on any atom is 0.387 e. The lowest BCUT2D eigenvalue weighted by molar-refractivity contribution is -0.0494. The van der Waals surface area contributed by atoms with E-state index in [1.807, 2.05) is 6.92 Å². The number of urea groups is 1. The average molecular weight is 346 g/mol. The Morgan fingerprint density at radius 2 is 2.08 bits per heavy atom. The predicted octanol–water partition coefficient (Wildman–Crippen LogP) is 3.85. The lowest BCUT2D eigenvalue weighted by Crippen LogP contribution is -2.37. The van der Waals surface area contributed by atoms with Gasteiger partial charge in [-0.15, -0.1) is 0 Å². The Morgan fingerprint density at radius 1 is 1.33 bits per heavy atom. The van der Waals surface area contributed by atoms with Crippen LogP contribution < -0.4 is 10.1 Å². The van der Waals surface area contributed by atoms with E-state index < -0.39 is 18.5 Å². The van der Waals surface area contributed by atoms with Crippen molar-refractivity contribution in [3.8, 4) is 5.75 Å². The first-order valence-electron chi connectivity index (χ1n) is 7.68. The molecule has 1 aliphatic heterocycles. The van der Waals surface area contributed by atoms with Crippen LogP contribution in [-0.2, 0) is 4.74 Å². The maximum absolute atomic E-state index is 13.4. The normalized spacial score (nSPS) is 21.5. The SMILES string of the molecule is CO[C@@]1(C)CCCN(C(=O)Nc2cc(F)ccc2OC(F)F)CC1. The summed E-state index contributed by atoms with van der Waals surface area (Å²) in [6.45, 7) is -0.122. The van der Waals surface area contributed by atoms with Crippen molar-refractivity contribution in [2.75, 3.05) is 25.5 Å². The van der Waals surface area contributed by atoms with Crippen LogP contribution in [0, 0.1) is 5.82 Å².